The van der Waals surface area contributed by atoms with Crippen LogP contribution in [0.1, 0.15) is 69.8 Å². The highest BCUT2D eigenvalue weighted by molar-refractivity contribution is 14.1. The number of fused-ring (bicyclic) bond motifs is 2. The largest absolute Gasteiger partial charge is 0.493 e. The quantitative estimate of drug-likeness (QED) is 0.264. The van der Waals surface area contributed by atoms with E-state index in [1.54, 1.807) is 18.2 Å². The van der Waals surface area contributed by atoms with Crippen molar-refractivity contribution in [2.75, 3.05) is 20.3 Å². The average molecular weight is 683 g/mol. The zero-order valence-electron chi connectivity index (χ0n) is 23.8. The van der Waals surface area contributed by atoms with Gasteiger partial charge in [0.2, 0.25) is 11.8 Å². The van der Waals surface area contributed by atoms with Gasteiger partial charge in [-0.05, 0) is 96.2 Å². The van der Waals surface area contributed by atoms with E-state index in [0.29, 0.717) is 44.5 Å². The number of rotatable bonds is 11. The van der Waals surface area contributed by atoms with E-state index in [4.69, 9.17) is 9.47 Å². The van der Waals surface area contributed by atoms with Gasteiger partial charge in [0, 0.05) is 31.0 Å². The maximum Gasteiger partial charge on any atom is 0.247 e. The Morgan fingerprint density at radius 1 is 1.12 bits per heavy atom. The summed E-state index contributed by atoms with van der Waals surface area (Å²) < 4.78 is 12.6. The monoisotopic (exact) mass is 682 g/mol. The first-order valence-corrected chi connectivity index (χ1v) is 16.1. The molecular weight excluding hydrogens is 639 g/mol. The third kappa shape index (κ3) is 6.70. The van der Waals surface area contributed by atoms with Crippen LogP contribution in [0.3, 0.4) is 0 Å². The molecule has 6 unspecified atom stereocenters. The van der Waals surface area contributed by atoms with Gasteiger partial charge >= 0.3 is 0 Å². The Labute approximate surface area is 255 Å². The van der Waals surface area contributed by atoms with Crippen molar-refractivity contribution >= 4 is 34.4 Å². The van der Waals surface area contributed by atoms with Crippen LogP contribution in [0.4, 0.5) is 0 Å². The minimum Gasteiger partial charge on any atom is -0.493 e. The molecule has 0 aromatic heterocycles. The molecule has 2 bridgehead atoms. The molecule has 5 rings (SSSR count). The van der Waals surface area contributed by atoms with E-state index in [1.807, 2.05) is 4.90 Å². The van der Waals surface area contributed by atoms with E-state index in [0.717, 1.165) is 38.0 Å². The summed E-state index contributed by atoms with van der Waals surface area (Å²) in [7, 11) is 1.51. The summed E-state index contributed by atoms with van der Waals surface area (Å²) in [4.78, 5) is 29.2. The molecule has 3 saturated carbocycles. The number of nitrogens with one attached hydrogen (secondary N) is 1. The number of hydrogen-bond acceptors (Lipinski definition) is 7. The second-order valence-corrected chi connectivity index (χ2v) is 13.3. The molecule has 41 heavy (non-hydrogen) atoms. The Morgan fingerprint density at radius 3 is 2.54 bits per heavy atom. The first-order chi connectivity index (χ1) is 19.8. The molecule has 10 heteroatoms. The molecule has 0 radical (unpaired) electrons. The summed E-state index contributed by atoms with van der Waals surface area (Å²) in [6.07, 6.45) is 9.07. The van der Waals surface area contributed by atoms with Crippen LogP contribution < -0.4 is 14.8 Å². The number of aliphatic hydroxyl groups is 3. The molecule has 9 nitrogen and oxygen atoms in total. The fraction of sp³-hybridized carbons (Fsp3) is 0.677. The highest BCUT2D eigenvalue weighted by atomic mass is 127. The van der Waals surface area contributed by atoms with E-state index in [1.165, 1.54) is 26.4 Å². The summed E-state index contributed by atoms with van der Waals surface area (Å²) >= 11 is 2.11. The number of hydrogen-bond donors (Lipinski definition) is 4. The van der Waals surface area contributed by atoms with Crippen LogP contribution in [-0.4, -0.2) is 76.6 Å². The number of aliphatic hydroxyl groups excluding tert-OH is 3. The summed E-state index contributed by atoms with van der Waals surface area (Å²) in [5, 5.41) is 33.5. The lowest BCUT2D eigenvalue weighted by atomic mass is 9.84. The first-order valence-electron chi connectivity index (χ1n) is 15.1. The van der Waals surface area contributed by atoms with Crippen LogP contribution in [0.25, 0.3) is 0 Å². The third-order valence-corrected chi connectivity index (χ3v) is 10.4. The molecule has 226 valence electrons. The van der Waals surface area contributed by atoms with Gasteiger partial charge in [-0.25, -0.2) is 0 Å². The first kappa shape index (κ1) is 30.6. The molecule has 3 fully saturated rings. The molecule has 0 spiro atoms. The van der Waals surface area contributed by atoms with Gasteiger partial charge in [-0.2, -0.15) is 0 Å². The van der Waals surface area contributed by atoms with Crippen LogP contribution in [0, 0.1) is 21.3 Å². The van der Waals surface area contributed by atoms with Gasteiger partial charge in [0.15, 0.2) is 11.5 Å². The van der Waals surface area contributed by atoms with Crippen molar-refractivity contribution in [3.8, 4) is 11.5 Å². The molecule has 0 saturated heterocycles. The van der Waals surface area contributed by atoms with E-state index in [2.05, 4.69) is 27.9 Å². The summed E-state index contributed by atoms with van der Waals surface area (Å²) in [5.41, 5.74) is 1.09. The standard InChI is InChI=1S/C31H43IN2O7/c1-40-27-13-19(17-36)12-24(32)30(27)41-26-15-22(31(39)33-8-9-35)14-25(29(26)38)34(23-4-2-3-5-23)28(37)16-21-11-18-6-7-20(21)10-18/h12-13,15,18,20-21,23,25-26,29,35-36,38H,2-11,14,16-17H2,1H3,(H,33,39). The number of carbonyl (C=O) groups is 2. The lowest BCUT2D eigenvalue weighted by Crippen LogP contribution is -2.58. The van der Waals surface area contributed by atoms with Crippen molar-refractivity contribution in [3.05, 3.63) is 32.9 Å². The SMILES string of the molecule is COc1cc(CO)cc(I)c1OC1C=C(C(=O)NCCO)CC(N(C(=O)CC2CC3CCC2C3)C2CCCC2)C1O. The number of nitrogens with zero attached hydrogens (tertiary/aromatic N) is 1. The Hall–Kier alpha value is -1.89. The van der Waals surface area contributed by atoms with E-state index >= 15 is 0 Å². The van der Waals surface area contributed by atoms with Gasteiger partial charge in [0.25, 0.3) is 0 Å². The number of benzene rings is 1. The number of carbonyl (C=O) groups excluding carboxylic acids is 2. The Bertz CT molecular complexity index is 1140. The normalized spacial score (nSPS) is 29.3. The molecule has 6 atom stereocenters. The molecule has 4 aliphatic rings. The van der Waals surface area contributed by atoms with Crippen LogP contribution in [0.15, 0.2) is 23.8 Å². The zero-order valence-corrected chi connectivity index (χ0v) is 25.9. The molecule has 4 aliphatic carbocycles. The summed E-state index contributed by atoms with van der Waals surface area (Å²) in [6.45, 7) is -0.233. The maximum absolute atomic E-state index is 14.1. The lowest BCUT2D eigenvalue weighted by Gasteiger charge is -2.44. The maximum atomic E-state index is 14.1. The van der Waals surface area contributed by atoms with Gasteiger partial charge in [-0.1, -0.05) is 19.3 Å². The number of ether oxygens (including phenoxy) is 2. The van der Waals surface area contributed by atoms with Crippen LogP contribution >= 0.6 is 22.6 Å². The Balaban J connectivity index is 1.45. The summed E-state index contributed by atoms with van der Waals surface area (Å²) in [6, 6.07) is 2.88. The second-order valence-electron chi connectivity index (χ2n) is 12.2. The van der Waals surface area contributed by atoms with E-state index < -0.39 is 18.2 Å². The summed E-state index contributed by atoms with van der Waals surface area (Å²) in [5.74, 6) is 2.32. The molecule has 0 heterocycles. The molecule has 2 amide bonds. The second kappa shape index (κ2) is 13.6. The fourth-order valence-electron chi connectivity index (χ4n) is 7.66. The van der Waals surface area contributed by atoms with Crippen molar-refractivity contribution in [1.82, 2.24) is 10.2 Å². The van der Waals surface area contributed by atoms with Crippen molar-refractivity contribution in [1.29, 1.82) is 0 Å². The number of methoxy groups -OCH3 is 1. The van der Waals surface area contributed by atoms with Gasteiger partial charge < -0.3 is 35.0 Å². The molecule has 0 aliphatic heterocycles. The van der Waals surface area contributed by atoms with Crippen LogP contribution in [0.2, 0.25) is 0 Å². The van der Waals surface area contributed by atoms with E-state index in [9.17, 15) is 24.9 Å². The van der Waals surface area contributed by atoms with Crippen LogP contribution in [-0.2, 0) is 16.2 Å². The van der Waals surface area contributed by atoms with Gasteiger partial charge in [0.1, 0.15) is 12.2 Å². The molecule has 1 aromatic carbocycles. The predicted molar refractivity (Wildman–Crippen MR) is 161 cm³/mol. The highest BCUT2D eigenvalue weighted by Gasteiger charge is 2.46. The molecule has 1 aromatic rings. The van der Waals surface area contributed by atoms with Crippen molar-refractivity contribution < 1.29 is 34.4 Å². The zero-order chi connectivity index (χ0) is 29.1. The molecule has 4 N–H and O–H groups in total. The van der Waals surface area contributed by atoms with E-state index in [-0.39, 0.29) is 44.0 Å². The average Bonchev–Trinajstić information content (AvgIpc) is 3.74. The van der Waals surface area contributed by atoms with Crippen molar-refractivity contribution in [2.45, 2.75) is 95.1 Å². The predicted octanol–water partition coefficient (Wildman–Crippen LogP) is 3.31. The van der Waals surface area contributed by atoms with Gasteiger partial charge in [-0.15, -0.1) is 0 Å². The highest BCUT2D eigenvalue weighted by Crippen LogP contribution is 2.50. The van der Waals surface area contributed by atoms with Crippen molar-refractivity contribution in [3.63, 3.8) is 0 Å². The lowest BCUT2D eigenvalue weighted by molar-refractivity contribution is -0.143. The third-order valence-electron chi connectivity index (χ3n) is 9.62. The number of amides is 2. The van der Waals surface area contributed by atoms with Gasteiger partial charge in [0.05, 0.1) is 29.9 Å². The number of halogens is 1. The van der Waals surface area contributed by atoms with Crippen LogP contribution in [0.5, 0.6) is 11.5 Å². The van der Waals surface area contributed by atoms with Crippen molar-refractivity contribution in [2.24, 2.45) is 17.8 Å². The smallest absolute Gasteiger partial charge is 0.247 e. The Kier molecular flexibility index (Phi) is 10.1. The topological polar surface area (TPSA) is 129 Å². The van der Waals surface area contributed by atoms with Gasteiger partial charge in [-0.3, -0.25) is 9.59 Å². The fourth-order valence-corrected chi connectivity index (χ4v) is 8.45. The Morgan fingerprint density at radius 2 is 1.90 bits per heavy atom. The minimum atomic E-state index is -1.06. The molecular formula is C31H43IN2O7. The minimum absolute atomic E-state index is 0.0275.